The molecule has 2 amide bonds. The number of hydrogen-bond donors (Lipinski definition) is 1. The molecule has 1 aliphatic rings. The van der Waals surface area contributed by atoms with Crippen LogP contribution >= 0.6 is 0 Å². The molecule has 0 unspecified atom stereocenters. The van der Waals surface area contributed by atoms with Crippen molar-refractivity contribution in [1.29, 1.82) is 0 Å². The highest BCUT2D eigenvalue weighted by atomic mass is 16.5. The average Bonchev–Trinajstić information content (AvgIpc) is 2.74. The Morgan fingerprint density at radius 2 is 1.67 bits per heavy atom. The minimum atomic E-state index is -0.299. The SMILES string of the molecule is COc1ccc(NC(=O)c2cccc(C(=O)N3CCCCC3)c2)c(OC)c1. The van der Waals surface area contributed by atoms with Crippen LogP contribution in [0.3, 0.4) is 0 Å². The minimum Gasteiger partial charge on any atom is -0.497 e. The van der Waals surface area contributed by atoms with E-state index in [-0.39, 0.29) is 11.8 Å². The van der Waals surface area contributed by atoms with Gasteiger partial charge in [0.1, 0.15) is 11.5 Å². The third-order valence-corrected chi connectivity index (χ3v) is 4.67. The maximum absolute atomic E-state index is 12.7. The number of piperidine rings is 1. The van der Waals surface area contributed by atoms with Crippen molar-refractivity contribution in [3.63, 3.8) is 0 Å². The molecule has 6 heteroatoms. The second-order valence-electron chi connectivity index (χ2n) is 6.45. The summed E-state index contributed by atoms with van der Waals surface area (Å²) >= 11 is 0. The Hall–Kier alpha value is -3.02. The van der Waals surface area contributed by atoms with Gasteiger partial charge in [-0.3, -0.25) is 9.59 Å². The topological polar surface area (TPSA) is 67.9 Å². The number of benzene rings is 2. The molecule has 1 N–H and O–H groups in total. The fraction of sp³-hybridized carbons (Fsp3) is 0.333. The van der Waals surface area contributed by atoms with E-state index in [1.807, 2.05) is 4.90 Å². The number of amides is 2. The van der Waals surface area contributed by atoms with Crippen LogP contribution in [0, 0.1) is 0 Å². The zero-order valence-corrected chi connectivity index (χ0v) is 15.7. The Labute approximate surface area is 159 Å². The number of rotatable bonds is 5. The number of nitrogens with zero attached hydrogens (tertiary/aromatic N) is 1. The van der Waals surface area contributed by atoms with E-state index in [0.29, 0.717) is 28.3 Å². The number of hydrogen-bond acceptors (Lipinski definition) is 4. The summed E-state index contributed by atoms with van der Waals surface area (Å²) in [6, 6.07) is 12.0. The Morgan fingerprint density at radius 3 is 2.37 bits per heavy atom. The van der Waals surface area contributed by atoms with Crippen LogP contribution < -0.4 is 14.8 Å². The second kappa shape index (κ2) is 8.58. The Morgan fingerprint density at radius 1 is 0.926 bits per heavy atom. The summed E-state index contributed by atoms with van der Waals surface area (Å²) in [6.45, 7) is 1.55. The van der Waals surface area contributed by atoms with Gasteiger partial charge in [0.25, 0.3) is 11.8 Å². The molecule has 0 bridgehead atoms. The number of likely N-dealkylation sites (tertiary alicyclic amines) is 1. The number of ether oxygens (including phenoxy) is 2. The lowest BCUT2D eigenvalue weighted by Crippen LogP contribution is -2.35. The zero-order chi connectivity index (χ0) is 19.2. The molecule has 6 nitrogen and oxygen atoms in total. The van der Waals surface area contributed by atoms with Gasteiger partial charge in [-0.05, 0) is 49.6 Å². The molecule has 0 aliphatic carbocycles. The van der Waals surface area contributed by atoms with Gasteiger partial charge in [-0.2, -0.15) is 0 Å². The Bertz CT molecular complexity index is 829. The van der Waals surface area contributed by atoms with Gasteiger partial charge in [-0.15, -0.1) is 0 Å². The first-order chi connectivity index (χ1) is 13.1. The number of carbonyl (C=O) groups is 2. The van der Waals surface area contributed by atoms with E-state index in [0.717, 1.165) is 32.4 Å². The fourth-order valence-electron chi connectivity index (χ4n) is 3.17. The molecule has 0 radical (unpaired) electrons. The van der Waals surface area contributed by atoms with Crippen molar-refractivity contribution in [2.75, 3.05) is 32.6 Å². The van der Waals surface area contributed by atoms with E-state index in [4.69, 9.17) is 9.47 Å². The van der Waals surface area contributed by atoms with Gasteiger partial charge in [0, 0.05) is 30.3 Å². The molecule has 1 heterocycles. The Balaban J connectivity index is 1.76. The lowest BCUT2D eigenvalue weighted by molar-refractivity contribution is 0.0724. The molecule has 0 aromatic heterocycles. The van der Waals surface area contributed by atoms with Crippen LogP contribution in [0.2, 0.25) is 0 Å². The summed E-state index contributed by atoms with van der Waals surface area (Å²) in [7, 11) is 3.10. The first kappa shape index (κ1) is 18.8. The molecule has 2 aromatic carbocycles. The van der Waals surface area contributed by atoms with Gasteiger partial charge in [-0.1, -0.05) is 6.07 Å². The average molecular weight is 368 g/mol. The van der Waals surface area contributed by atoms with E-state index < -0.39 is 0 Å². The van der Waals surface area contributed by atoms with E-state index in [9.17, 15) is 9.59 Å². The largest absolute Gasteiger partial charge is 0.497 e. The highest BCUT2D eigenvalue weighted by Crippen LogP contribution is 2.29. The van der Waals surface area contributed by atoms with Gasteiger partial charge in [-0.25, -0.2) is 0 Å². The standard InChI is InChI=1S/C21H24N2O4/c1-26-17-9-10-18(19(14-17)27-2)22-20(24)15-7-6-8-16(13-15)21(25)23-11-4-3-5-12-23/h6-10,13-14H,3-5,11-12H2,1-2H3,(H,22,24). The molecule has 0 spiro atoms. The summed E-state index contributed by atoms with van der Waals surface area (Å²) in [5, 5.41) is 2.83. The van der Waals surface area contributed by atoms with Crippen molar-refractivity contribution in [2.24, 2.45) is 0 Å². The molecule has 27 heavy (non-hydrogen) atoms. The smallest absolute Gasteiger partial charge is 0.255 e. The van der Waals surface area contributed by atoms with Gasteiger partial charge < -0.3 is 19.7 Å². The van der Waals surface area contributed by atoms with Crippen molar-refractivity contribution >= 4 is 17.5 Å². The minimum absolute atomic E-state index is 0.0219. The molecule has 1 fully saturated rings. The van der Waals surface area contributed by atoms with Gasteiger partial charge in [0.2, 0.25) is 0 Å². The van der Waals surface area contributed by atoms with Crippen LogP contribution in [0.25, 0.3) is 0 Å². The lowest BCUT2D eigenvalue weighted by atomic mass is 10.1. The lowest BCUT2D eigenvalue weighted by Gasteiger charge is -2.26. The third kappa shape index (κ3) is 4.39. The predicted molar refractivity (Wildman–Crippen MR) is 104 cm³/mol. The van der Waals surface area contributed by atoms with Crippen LogP contribution in [0.15, 0.2) is 42.5 Å². The van der Waals surface area contributed by atoms with Crippen molar-refractivity contribution in [1.82, 2.24) is 4.90 Å². The number of anilines is 1. The van der Waals surface area contributed by atoms with Crippen LogP contribution in [0.4, 0.5) is 5.69 Å². The maximum atomic E-state index is 12.7. The van der Waals surface area contributed by atoms with E-state index in [1.54, 1.807) is 49.6 Å². The number of carbonyl (C=O) groups excluding carboxylic acids is 2. The number of nitrogens with one attached hydrogen (secondary N) is 1. The summed E-state index contributed by atoms with van der Waals surface area (Å²) in [4.78, 5) is 27.2. The molecule has 1 saturated heterocycles. The summed E-state index contributed by atoms with van der Waals surface area (Å²) in [5.74, 6) is 0.820. The maximum Gasteiger partial charge on any atom is 0.255 e. The molecule has 1 aliphatic heterocycles. The van der Waals surface area contributed by atoms with Gasteiger partial charge in [0.05, 0.1) is 19.9 Å². The number of methoxy groups -OCH3 is 2. The van der Waals surface area contributed by atoms with Crippen LogP contribution in [-0.2, 0) is 0 Å². The molecule has 0 saturated carbocycles. The van der Waals surface area contributed by atoms with Gasteiger partial charge >= 0.3 is 0 Å². The first-order valence-corrected chi connectivity index (χ1v) is 9.05. The normalized spacial score (nSPS) is 13.8. The zero-order valence-electron chi connectivity index (χ0n) is 15.7. The van der Waals surface area contributed by atoms with Crippen molar-refractivity contribution in [3.05, 3.63) is 53.6 Å². The van der Waals surface area contributed by atoms with Crippen LogP contribution in [-0.4, -0.2) is 44.0 Å². The fourth-order valence-corrected chi connectivity index (χ4v) is 3.17. The monoisotopic (exact) mass is 368 g/mol. The summed E-state index contributed by atoms with van der Waals surface area (Å²) in [6.07, 6.45) is 3.22. The highest BCUT2D eigenvalue weighted by Gasteiger charge is 2.19. The molecule has 142 valence electrons. The third-order valence-electron chi connectivity index (χ3n) is 4.67. The molecule has 2 aromatic rings. The molecule has 0 atom stereocenters. The summed E-state index contributed by atoms with van der Waals surface area (Å²) < 4.78 is 10.5. The van der Waals surface area contributed by atoms with Crippen molar-refractivity contribution in [3.8, 4) is 11.5 Å². The van der Waals surface area contributed by atoms with Crippen LogP contribution in [0.1, 0.15) is 40.0 Å². The van der Waals surface area contributed by atoms with Crippen LogP contribution in [0.5, 0.6) is 11.5 Å². The predicted octanol–water partition coefficient (Wildman–Crippen LogP) is 3.58. The second-order valence-corrected chi connectivity index (χ2v) is 6.45. The van der Waals surface area contributed by atoms with Gasteiger partial charge in [0.15, 0.2) is 0 Å². The molecular weight excluding hydrogens is 344 g/mol. The van der Waals surface area contributed by atoms with Crippen molar-refractivity contribution in [2.45, 2.75) is 19.3 Å². The van der Waals surface area contributed by atoms with E-state index in [1.165, 1.54) is 7.11 Å². The quantitative estimate of drug-likeness (QED) is 0.876. The van der Waals surface area contributed by atoms with Crippen molar-refractivity contribution < 1.29 is 19.1 Å². The highest BCUT2D eigenvalue weighted by molar-refractivity contribution is 6.06. The van der Waals surface area contributed by atoms with E-state index >= 15 is 0 Å². The first-order valence-electron chi connectivity index (χ1n) is 9.05. The Kier molecular flexibility index (Phi) is 5.96. The molecule has 3 rings (SSSR count). The summed E-state index contributed by atoms with van der Waals surface area (Å²) in [5.41, 5.74) is 1.50. The molecular formula is C21H24N2O4. The van der Waals surface area contributed by atoms with E-state index in [2.05, 4.69) is 5.32 Å².